The number of fused-ring (bicyclic) bond motifs is 2. The number of piperazine rings is 1. The van der Waals surface area contributed by atoms with Crippen LogP contribution in [0.3, 0.4) is 0 Å². The van der Waals surface area contributed by atoms with E-state index < -0.39 is 11.7 Å². The van der Waals surface area contributed by atoms with Crippen LogP contribution in [0.15, 0.2) is 29.3 Å². The van der Waals surface area contributed by atoms with Gasteiger partial charge in [0.05, 0.1) is 29.5 Å². The molecule has 0 aliphatic carbocycles. The molecule has 0 amide bonds. The highest BCUT2D eigenvalue weighted by Crippen LogP contribution is 2.39. The van der Waals surface area contributed by atoms with Crippen molar-refractivity contribution < 1.29 is 13.2 Å². The summed E-state index contributed by atoms with van der Waals surface area (Å²) in [5.41, 5.74) is -0.527. The van der Waals surface area contributed by atoms with Gasteiger partial charge in [-0.05, 0) is 18.6 Å². The van der Waals surface area contributed by atoms with E-state index in [9.17, 15) is 18.0 Å². The van der Waals surface area contributed by atoms with Gasteiger partial charge in [-0.15, -0.1) is 0 Å². The van der Waals surface area contributed by atoms with E-state index in [1.165, 1.54) is 17.8 Å². The van der Waals surface area contributed by atoms with Crippen LogP contribution in [0.25, 0.3) is 0 Å². The second kappa shape index (κ2) is 5.87. The maximum Gasteiger partial charge on any atom is 0.417 e. The zero-order chi connectivity index (χ0) is 18.6. The summed E-state index contributed by atoms with van der Waals surface area (Å²) in [7, 11) is 1.53. The van der Waals surface area contributed by atoms with Crippen molar-refractivity contribution in [3.05, 3.63) is 45.5 Å². The van der Waals surface area contributed by atoms with Gasteiger partial charge in [0.25, 0.3) is 5.56 Å². The van der Waals surface area contributed by atoms with Gasteiger partial charge in [0.15, 0.2) is 0 Å². The van der Waals surface area contributed by atoms with Gasteiger partial charge in [-0.3, -0.25) is 4.79 Å². The Morgan fingerprint density at radius 1 is 1.19 bits per heavy atom. The Hall–Kier alpha value is -2.29. The van der Waals surface area contributed by atoms with Gasteiger partial charge in [-0.25, -0.2) is 9.67 Å². The second-order valence-corrected chi connectivity index (χ2v) is 6.91. The first-order valence-electron chi connectivity index (χ1n) is 8.04. The van der Waals surface area contributed by atoms with Gasteiger partial charge in [0.2, 0.25) is 0 Å². The molecule has 5 rings (SSSR count). The maximum absolute atomic E-state index is 12.7. The summed E-state index contributed by atoms with van der Waals surface area (Å²) < 4.78 is 39.2. The smallest absolute Gasteiger partial charge is 0.365 e. The Morgan fingerprint density at radius 2 is 1.88 bits per heavy atom. The quantitative estimate of drug-likeness (QED) is 0.794. The molecule has 0 saturated carbocycles. The second-order valence-electron chi connectivity index (χ2n) is 6.53. The summed E-state index contributed by atoms with van der Waals surface area (Å²) in [5.74, 6) is 0.534. The Labute approximate surface area is 151 Å². The van der Waals surface area contributed by atoms with E-state index >= 15 is 0 Å². The number of aromatic nitrogens is 3. The molecule has 0 spiro atoms. The molecule has 0 radical (unpaired) electrons. The third kappa shape index (κ3) is 2.70. The van der Waals surface area contributed by atoms with Crippen molar-refractivity contribution in [3.8, 4) is 0 Å². The van der Waals surface area contributed by atoms with Crippen molar-refractivity contribution in [3.63, 3.8) is 0 Å². The summed E-state index contributed by atoms with van der Waals surface area (Å²) >= 11 is 6.16. The molecular formula is C16H15ClF3N5O. The normalized spacial score (nSPS) is 22.3. The molecule has 5 heterocycles. The fourth-order valence-electron chi connectivity index (χ4n) is 3.61. The van der Waals surface area contributed by atoms with Gasteiger partial charge in [0.1, 0.15) is 10.8 Å². The number of aryl methyl sites for hydroxylation is 1. The number of nitrogens with zero attached hydrogens (tertiary/aromatic N) is 5. The minimum atomic E-state index is -4.39. The van der Waals surface area contributed by atoms with Crippen molar-refractivity contribution in [2.45, 2.75) is 24.7 Å². The molecule has 3 fully saturated rings. The molecule has 26 heavy (non-hydrogen) atoms. The number of rotatable bonds is 2. The van der Waals surface area contributed by atoms with Crippen LogP contribution in [0.4, 0.5) is 24.7 Å². The van der Waals surface area contributed by atoms with Crippen LogP contribution >= 0.6 is 11.6 Å². The average Bonchev–Trinajstić information content (AvgIpc) is 2.59. The maximum atomic E-state index is 12.7. The molecular weight excluding hydrogens is 371 g/mol. The number of hydrogen-bond acceptors (Lipinski definition) is 5. The number of halogens is 4. The Kier molecular flexibility index (Phi) is 3.87. The van der Waals surface area contributed by atoms with E-state index in [0.717, 1.165) is 18.7 Å². The summed E-state index contributed by atoms with van der Waals surface area (Å²) in [6.45, 7) is 1.21. The van der Waals surface area contributed by atoms with E-state index in [2.05, 4.69) is 10.1 Å². The molecule has 2 aromatic rings. The molecule has 10 heteroatoms. The molecule has 2 aromatic heterocycles. The lowest BCUT2D eigenvalue weighted by Gasteiger charge is -2.57. The molecule has 0 aromatic carbocycles. The molecule has 2 atom stereocenters. The third-order valence-corrected chi connectivity index (χ3v) is 5.29. The lowest BCUT2D eigenvalue weighted by Crippen LogP contribution is -2.69. The highest BCUT2D eigenvalue weighted by atomic mass is 35.5. The fourth-order valence-corrected chi connectivity index (χ4v) is 3.90. The van der Waals surface area contributed by atoms with Crippen LogP contribution < -0.4 is 15.4 Å². The first-order valence-corrected chi connectivity index (χ1v) is 8.42. The third-order valence-electron chi connectivity index (χ3n) is 4.93. The summed E-state index contributed by atoms with van der Waals surface area (Å²) in [6.07, 6.45) is -1.04. The average molecular weight is 386 g/mol. The van der Waals surface area contributed by atoms with E-state index in [1.807, 2.05) is 9.80 Å². The molecule has 2 bridgehead atoms. The van der Waals surface area contributed by atoms with Crippen LogP contribution in [0.5, 0.6) is 0 Å². The molecule has 6 nitrogen and oxygen atoms in total. The first kappa shape index (κ1) is 17.1. The molecule has 3 saturated heterocycles. The fraction of sp³-hybridized carbons (Fsp3) is 0.438. The highest BCUT2D eigenvalue weighted by Gasteiger charge is 2.46. The number of hydrogen-bond donors (Lipinski definition) is 0. The minimum Gasteiger partial charge on any atom is -0.365 e. The van der Waals surface area contributed by atoms with Crippen LogP contribution in [0.1, 0.15) is 12.0 Å². The van der Waals surface area contributed by atoms with Gasteiger partial charge >= 0.3 is 6.18 Å². The van der Waals surface area contributed by atoms with Crippen LogP contribution in [-0.4, -0.2) is 39.9 Å². The monoisotopic (exact) mass is 385 g/mol. The topological polar surface area (TPSA) is 54.3 Å². The van der Waals surface area contributed by atoms with Crippen molar-refractivity contribution >= 4 is 23.1 Å². The van der Waals surface area contributed by atoms with Crippen LogP contribution in [0.2, 0.25) is 5.02 Å². The summed E-state index contributed by atoms with van der Waals surface area (Å²) in [5, 5.41) is 4.14. The zero-order valence-corrected chi connectivity index (χ0v) is 14.5. The Balaban J connectivity index is 1.53. The van der Waals surface area contributed by atoms with Crippen molar-refractivity contribution in [1.29, 1.82) is 0 Å². The molecule has 3 aliphatic rings. The zero-order valence-electron chi connectivity index (χ0n) is 13.7. The van der Waals surface area contributed by atoms with Crippen molar-refractivity contribution in [2.24, 2.45) is 7.05 Å². The van der Waals surface area contributed by atoms with E-state index in [0.29, 0.717) is 24.6 Å². The van der Waals surface area contributed by atoms with Gasteiger partial charge in [0, 0.05) is 26.3 Å². The largest absolute Gasteiger partial charge is 0.417 e. The first-order chi connectivity index (χ1) is 12.3. The standard InChI is InChI=1S/C16H15ClF3N5O/c1-23-15(26)14(17)12(6-22-23)24-7-10-4-11(8-24)25(10)13-3-2-9(5-21-13)16(18,19)20/h2-3,5-6,10-11H,4,7-8H2,1H3. The van der Waals surface area contributed by atoms with Crippen LogP contribution in [-0.2, 0) is 13.2 Å². The van der Waals surface area contributed by atoms with Crippen molar-refractivity contribution in [1.82, 2.24) is 14.8 Å². The number of alkyl halides is 3. The summed E-state index contributed by atoms with van der Waals surface area (Å²) in [4.78, 5) is 20.0. The van der Waals surface area contributed by atoms with Gasteiger partial charge in [-0.1, -0.05) is 11.6 Å². The lowest BCUT2D eigenvalue weighted by molar-refractivity contribution is -0.137. The van der Waals surface area contributed by atoms with Crippen molar-refractivity contribution in [2.75, 3.05) is 22.9 Å². The predicted molar refractivity (Wildman–Crippen MR) is 90.6 cm³/mol. The molecule has 3 aliphatic heterocycles. The number of piperidine rings is 1. The number of anilines is 2. The minimum absolute atomic E-state index is 0.109. The number of pyridine rings is 1. The summed E-state index contributed by atoms with van der Waals surface area (Å²) in [6, 6.07) is 2.68. The molecule has 138 valence electrons. The highest BCUT2D eigenvalue weighted by molar-refractivity contribution is 6.33. The van der Waals surface area contributed by atoms with Gasteiger partial charge in [-0.2, -0.15) is 18.3 Å². The Morgan fingerprint density at radius 3 is 2.46 bits per heavy atom. The van der Waals surface area contributed by atoms with E-state index in [1.54, 1.807) is 6.20 Å². The SMILES string of the molecule is Cn1ncc(N2CC3CC(C2)N3c2ccc(C(F)(F)F)cn2)c(Cl)c1=O. The van der Waals surface area contributed by atoms with Crippen LogP contribution in [0, 0.1) is 0 Å². The Bertz CT molecular complexity index is 886. The van der Waals surface area contributed by atoms with Gasteiger partial charge < -0.3 is 9.80 Å². The molecule has 0 N–H and O–H groups in total. The predicted octanol–water partition coefficient (Wildman–Crippen LogP) is 2.32. The van der Waals surface area contributed by atoms with E-state index in [-0.39, 0.29) is 22.7 Å². The molecule has 2 unspecified atom stereocenters. The lowest BCUT2D eigenvalue weighted by atomic mass is 9.87. The van der Waals surface area contributed by atoms with E-state index in [4.69, 9.17) is 11.6 Å².